The Bertz CT molecular complexity index is 677. The van der Waals surface area contributed by atoms with E-state index in [1.807, 2.05) is 0 Å². The number of aromatic nitrogens is 8. The van der Waals surface area contributed by atoms with Gasteiger partial charge in [0.15, 0.2) is 0 Å². The molecule has 2 fully saturated rings. The summed E-state index contributed by atoms with van der Waals surface area (Å²) in [6, 6.07) is 0.244. The monoisotopic (exact) mass is 375 g/mol. The molecule has 0 spiro atoms. The lowest BCUT2D eigenvalue weighted by Gasteiger charge is -2.29. The molecule has 0 bridgehead atoms. The summed E-state index contributed by atoms with van der Waals surface area (Å²) in [7, 11) is 0. The maximum absolute atomic E-state index is 14.0. The number of nitrogens with zero attached hydrogens (tertiary/aromatic N) is 8. The fraction of sp³-hybridized carbons (Fsp3) is 0.882. The van der Waals surface area contributed by atoms with E-state index in [1.54, 1.807) is 16.3 Å². The molecule has 2 aromatic rings. The van der Waals surface area contributed by atoms with Gasteiger partial charge in [-0.05, 0) is 53.5 Å². The van der Waals surface area contributed by atoms with E-state index in [9.17, 15) is 5.11 Å². The summed E-state index contributed by atoms with van der Waals surface area (Å²) >= 11 is 0. The van der Waals surface area contributed by atoms with Gasteiger partial charge in [0.05, 0.1) is 12.1 Å². The molecule has 0 amide bonds. The second-order valence-electron chi connectivity index (χ2n) is 7.53. The maximum Gasteiger partial charge on any atom is 0.326 e. The molecular formula is C17H27N8O2. The lowest BCUT2D eigenvalue weighted by molar-refractivity contribution is -0.232. The van der Waals surface area contributed by atoms with E-state index in [0.29, 0.717) is 0 Å². The highest BCUT2D eigenvalue weighted by atomic mass is 16.6. The lowest BCUT2D eigenvalue weighted by Crippen LogP contribution is -2.38. The van der Waals surface area contributed by atoms with Gasteiger partial charge in [-0.1, -0.05) is 38.5 Å². The molecule has 1 radical (unpaired) electrons. The Morgan fingerprint density at radius 2 is 1.30 bits per heavy atom. The highest BCUT2D eigenvalue weighted by Gasteiger charge is 2.48. The molecule has 0 saturated heterocycles. The molecule has 2 saturated carbocycles. The third kappa shape index (κ3) is 3.47. The van der Waals surface area contributed by atoms with Gasteiger partial charge in [0, 0.05) is 6.61 Å². The molecule has 2 aliphatic rings. The van der Waals surface area contributed by atoms with Crippen LogP contribution in [0, 0.1) is 0 Å². The molecule has 10 nitrogen and oxygen atoms in total. The molecule has 27 heavy (non-hydrogen) atoms. The van der Waals surface area contributed by atoms with Crippen molar-refractivity contribution in [1.29, 1.82) is 0 Å². The Hall–Kier alpha value is -1.94. The van der Waals surface area contributed by atoms with E-state index in [0.717, 1.165) is 51.4 Å². The van der Waals surface area contributed by atoms with Crippen molar-refractivity contribution in [3.8, 4) is 0 Å². The van der Waals surface area contributed by atoms with Crippen molar-refractivity contribution < 1.29 is 9.84 Å². The van der Waals surface area contributed by atoms with Crippen molar-refractivity contribution in [3.63, 3.8) is 0 Å². The Morgan fingerprint density at radius 3 is 1.70 bits per heavy atom. The summed E-state index contributed by atoms with van der Waals surface area (Å²) in [5, 5.41) is 38.0. The summed E-state index contributed by atoms with van der Waals surface area (Å²) in [5.41, 5.74) is 0. The van der Waals surface area contributed by atoms with Crippen molar-refractivity contribution >= 4 is 0 Å². The molecule has 0 unspecified atom stereocenters. The summed E-state index contributed by atoms with van der Waals surface area (Å²) in [5.74, 6) is -1.80. The number of ether oxygens (including phenoxy) is 1. The van der Waals surface area contributed by atoms with Crippen molar-refractivity contribution in [1.82, 2.24) is 40.4 Å². The number of hydrogen-bond donors (Lipinski definition) is 0. The average Bonchev–Trinajstić information content (AvgIpc) is 3.40. The predicted octanol–water partition coefficient (Wildman–Crippen LogP) is 2.34. The molecule has 4 rings (SSSR count). The molecule has 10 heteroatoms. The topological polar surface area (TPSA) is 116 Å². The van der Waals surface area contributed by atoms with Crippen molar-refractivity contribution in [3.05, 3.63) is 11.6 Å². The normalized spacial score (nSPS) is 20.2. The van der Waals surface area contributed by atoms with Gasteiger partial charge in [-0.2, -0.15) is 5.11 Å². The first-order valence-corrected chi connectivity index (χ1v) is 10.1. The first kappa shape index (κ1) is 18.4. The second kappa shape index (κ2) is 7.97. The van der Waals surface area contributed by atoms with Gasteiger partial charge in [-0.25, -0.2) is 9.36 Å². The van der Waals surface area contributed by atoms with Crippen LogP contribution in [0.2, 0.25) is 0 Å². The van der Waals surface area contributed by atoms with E-state index in [4.69, 9.17) is 4.74 Å². The first-order valence-electron chi connectivity index (χ1n) is 10.1. The van der Waals surface area contributed by atoms with Crippen molar-refractivity contribution in [2.24, 2.45) is 0 Å². The molecule has 0 N–H and O–H groups in total. The molecule has 0 atom stereocenters. The summed E-state index contributed by atoms with van der Waals surface area (Å²) in [6.45, 7) is 2.01. The van der Waals surface area contributed by atoms with E-state index in [2.05, 4.69) is 31.1 Å². The Balaban J connectivity index is 1.72. The Kier molecular flexibility index (Phi) is 5.44. The van der Waals surface area contributed by atoms with Crippen LogP contribution in [-0.4, -0.2) is 47.0 Å². The quantitative estimate of drug-likeness (QED) is 0.711. The molecule has 2 aromatic heterocycles. The van der Waals surface area contributed by atoms with Crippen LogP contribution in [-0.2, 0) is 15.6 Å². The fourth-order valence-electron chi connectivity index (χ4n) is 4.40. The van der Waals surface area contributed by atoms with E-state index >= 15 is 0 Å². The lowest BCUT2D eigenvalue weighted by atomic mass is 9.95. The highest BCUT2D eigenvalue weighted by molar-refractivity contribution is 5.11. The molecule has 2 aliphatic carbocycles. The number of tetrazole rings is 2. The zero-order valence-corrected chi connectivity index (χ0v) is 15.8. The third-order valence-electron chi connectivity index (χ3n) is 5.76. The minimum absolute atomic E-state index is 0.122. The van der Waals surface area contributed by atoms with Gasteiger partial charge >= 0.3 is 5.79 Å². The van der Waals surface area contributed by atoms with Gasteiger partial charge in [0.25, 0.3) is 0 Å². The van der Waals surface area contributed by atoms with Gasteiger partial charge in [-0.3, -0.25) is 0 Å². The highest BCUT2D eigenvalue weighted by Crippen LogP contribution is 2.36. The smallest absolute Gasteiger partial charge is 0.326 e. The van der Waals surface area contributed by atoms with E-state index in [1.165, 1.54) is 12.8 Å². The van der Waals surface area contributed by atoms with Crippen LogP contribution in [0.1, 0.15) is 94.9 Å². The summed E-state index contributed by atoms with van der Waals surface area (Å²) < 4.78 is 9.01. The van der Waals surface area contributed by atoms with Gasteiger partial charge < -0.3 is 4.74 Å². The fourth-order valence-corrected chi connectivity index (χ4v) is 4.40. The van der Waals surface area contributed by atoms with Crippen LogP contribution in [0.5, 0.6) is 0 Å². The SMILES string of the molecule is CCOC([O])(c1nnnn1C1CCCCC1)c1nnnn1C1CCCCC1. The third-order valence-corrected chi connectivity index (χ3v) is 5.76. The molecular weight excluding hydrogens is 348 g/mol. The number of rotatable bonds is 6. The Morgan fingerprint density at radius 1 is 0.852 bits per heavy atom. The molecule has 147 valence electrons. The minimum Gasteiger partial charge on any atom is -0.336 e. The molecule has 0 aromatic carbocycles. The van der Waals surface area contributed by atoms with Crippen molar-refractivity contribution in [2.45, 2.75) is 89.0 Å². The summed E-state index contributed by atoms with van der Waals surface area (Å²) in [4.78, 5) is 0. The minimum atomic E-state index is -2.11. The van der Waals surface area contributed by atoms with Gasteiger partial charge in [0.2, 0.25) is 11.6 Å². The second-order valence-corrected chi connectivity index (χ2v) is 7.53. The average molecular weight is 375 g/mol. The largest absolute Gasteiger partial charge is 0.336 e. The summed E-state index contributed by atoms with van der Waals surface area (Å²) in [6.07, 6.45) is 10.7. The van der Waals surface area contributed by atoms with Crippen LogP contribution < -0.4 is 0 Å². The first-order chi connectivity index (χ1) is 13.2. The zero-order chi connectivity index (χ0) is 18.7. The predicted molar refractivity (Wildman–Crippen MR) is 93.0 cm³/mol. The number of hydrogen-bond acceptors (Lipinski definition) is 7. The van der Waals surface area contributed by atoms with Crippen LogP contribution in [0.15, 0.2) is 0 Å². The van der Waals surface area contributed by atoms with E-state index in [-0.39, 0.29) is 30.3 Å². The van der Waals surface area contributed by atoms with Crippen LogP contribution in [0.3, 0.4) is 0 Å². The standard InChI is InChI=1S/C17H27N8O2/c1-2-27-17(26,15-18-20-22-24(15)13-9-5-3-6-10-13)16-19-21-23-25(16)14-11-7-4-8-12-14/h13-14H,2-12H2,1H3. The van der Waals surface area contributed by atoms with Crippen molar-refractivity contribution in [2.75, 3.05) is 6.61 Å². The van der Waals surface area contributed by atoms with Gasteiger partial charge in [-0.15, -0.1) is 10.2 Å². The maximum atomic E-state index is 14.0. The zero-order valence-electron chi connectivity index (χ0n) is 15.8. The molecule has 0 aliphatic heterocycles. The molecule has 2 heterocycles. The van der Waals surface area contributed by atoms with Gasteiger partial charge in [0.1, 0.15) is 0 Å². The van der Waals surface area contributed by atoms with Crippen LogP contribution in [0.25, 0.3) is 0 Å². The Labute approximate surface area is 158 Å². The van der Waals surface area contributed by atoms with E-state index < -0.39 is 5.79 Å². The van der Waals surface area contributed by atoms with Crippen LogP contribution in [0.4, 0.5) is 0 Å². The van der Waals surface area contributed by atoms with Crippen LogP contribution >= 0.6 is 0 Å².